The van der Waals surface area contributed by atoms with Crippen LogP contribution in [-0.2, 0) is 0 Å². The normalized spacial score (nSPS) is 14.6. The van der Waals surface area contributed by atoms with Crippen molar-refractivity contribution < 1.29 is 9.53 Å². The summed E-state index contributed by atoms with van der Waals surface area (Å²) in [5, 5.41) is 1.56. The summed E-state index contributed by atoms with van der Waals surface area (Å²) in [6, 6.07) is 11.7. The van der Waals surface area contributed by atoms with Gasteiger partial charge in [0.05, 0.1) is 18.5 Å². The maximum Gasteiger partial charge on any atom is 0.269 e. The van der Waals surface area contributed by atoms with Gasteiger partial charge in [0.25, 0.3) is 5.91 Å². The molecule has 0 atom stereocenters. The summed E-state index contributed by atoms with van der Waals surface area (Å²) in [6.07, 6.45) is 3.51. The Balaban J connectivity index is 1.41. The molecule has 1 fully saturated rings. The Hall–Kier alpha value is -2.84. The van der Waals surface area contributed by atoms with Crippen molar-refractivity contribution in [3.63, 3.8) is 0 Å². The molecule has 0 bridgehead atoms. The predicted molar refractivity (Wildman–Crippen MR) is 115 cm³/mol. The molecule has 0 unspecified atom stereocenters. The average Bonchev–Trinajstić information content (AvgIpc) is 2.77. The van der Waals surface area contributed by atoms with E-state index < -0.39 is 5.91 Å². The summed E-state index contributed by atoms with van der Waals surface area (Å²) in [5.41, 5.74) is 7.32. The van der Waals surface area contributed by atoms with Crippen LogP contribution in [0.1, 0.15) is 23.3 Å². The summed E-state index contributed by atoms with van der Waals surface area (Å²) in [7, 11) is 1.72. The molecule has 8 nitrogen and oxygen atoms in total. The summed E-state index contributed by atoms with van der Waals surface area (Å²) >= 11 is 0. The first-order valence-corrected chi connectivity index (χ1v) is 9.97. The van der Waals surface area contributed by atoms with Gasteiger partial charge in [-0.05, 0) is 43.7 Å². The lowest BCUT2D eigenvalue weighted by atomic mass is 10.2. The van der Waals surface area contributed by atoms with Gasteiger partial charge in [-0.1, -0.05) is 12.1 Å². The van der Waals surface area contributed by atoms with Gasteiger partial charge in [-0.25, -0.2) is 10.8 Å². The van der Waals surface area contributed by atoms with E-state index in [4.69, 9.17) is 16.3 Å². The first kappa shape index (κ1) is 20.9. The number of para-hydroxylation sites is 2. The van der Waals surface area contributed by atoms with Crippen LogP contribution in [0, 0.1) is 0 Å². The molecule has 1 aliphatic rings. The molecule has 2 aromatic rings. The Labute approximate surface area is 172 Å². The largest absolute Gasteiger partial charge is 0.495 e. The maximum atomic E-state index is 11.5. The van der Waals surface area contributed by atoms with Gasteiger partial charge in [-0.2, -0.15) is 0 Å². The zero-order valence-electron chi connectivity index (χ0n) is 17.0. The summed E-state index contributed by atoms with van der Waals surface area (Å²) in [6.45, 7) is 5.70. The number of unbranched alkanes of at least 4 members (excludes halogenated alkanes) is 1. The molecule has 2 heterocycles. The van der Waals surface area contributed by atoms with Gasteiger partial charge in [0, 0.05) is 38.9 Å². The molecule has 1 aromatic heterocycles. The highest BCUT2D eigenvalue weighted by atomic mass is 16.5. The van der Waals surface area contributed by atoms with E-state index in [1.165, 1.54) is 0 Å². The van der Waals surface area contributed by atoms with E-state index in [-0.39, 0.29) is 5.69 Å². The zero-order valence-corrected chi connectivity index (χ0v) is 17.0. The van der Waals surface area contributed by atoms with Crippen molar-refractivity contribution in [1.82, 2.24) is 9.88 Å². The Morgan fingerprint density at radius 1 is 1.14 bits per heavy atom. The molecule has 156 valence electrons. The predicted octanol–water partition coefficient (Wildman–Crippen LogP) is 1.47. The van der Waals surface area contributed by atoms with Crippen molar-refractivity contribution in [2.75, 3.05) is 56.3 Å². The minimum atomic E-state index is -0.566. The number of ether oxygens (including phenoxy) is 1. The summed E-state index contributed by atoms with van der Waals surface area (Å²) < 4.78 is 5.48. The quantitative estimate of drug-likeness (QED) is 0.375. The second-order valence-electron chi connectivity index (χ2n) is 7.14. The number of aromatic nitrogens is 1. The van der Waals surface area contributed by atoms with E-state index in [2.05, 4.69) is 26.9 Å². The highest BCUT2D eigenvalue weighted by molar-refractivity contribution is 5.96. The zero-order chi connectivity index (χ0) is 20.6. The molecule has 8 heteroatoms. The van der Waals surface area contributed by atoms with E-state index in [0.717, 1.165) is 57.0 Å². The van der Waals surface area contributed by atoms with Gasteiger partial charge < -0.3 is 20.4 Å². The van der Waals surface area contributed by atoms with Gasteiger partial charge in [0.1, 0.15) is 5.75 Å². The number of methoxy groups -OCH3 is 1. The van der Waals surface area contributed by atoms with E-state index in [1.54, 1.807) is 30.4 Å². The molecular formula is C21H30N6O2. The molecule has 0 spiro atoms. The molecule has 4 N–H and O–H groups in total. The van der Waals surface area contributed by atoms with E-state index in [0.29, 0.717) is 12.2 Å². The third kappa shape index (κ3) is 5.36. The number of nitrogens with zero attached hydrogens (tertiary/aromatic N) is 4. The summed E-state index contributed by atoms with van der Waals surface area (Å²) in [5.74, 6) is 6.48. The first-order chi connectivity index (χ1) is 14.1. The number of hydrogen-bond donors (Lipinski definition) is 2. The second kappa shape index (κ2) is 10.1. The number of hydrogen-bond acceptors (Lipinski definition) is 7. The number of carbonyl (C=O) groups is 1. The SMILES string of the molecule is COc1ccccc1N1CCN(CCCCN(N)c2cccnc2C(N)=O)CC1. The fourth-order valence-corrected chi connectivity index (χ4v) is 3.66. The Kier molecular flexibility index (Phi) is 7.26. The lowest BCUT2D eigenvalue weighted by Crippen LogP contribution is -2.46. The van der Waals surface area contributed by atoms with Crippen molar-refractivity contribution in [2.45, 2.75) is 12.8 Å². The molecule has 0 aliphatic carbocycles. The molecule has 0 saturated carbocycles. The number of hydrazine groups is 1. The number of carbonyl (C=O) groups excluding carboxylic acids is 1. The topological polar surface area (TPSA) is 101 Å². The van der Waals surface area contributed by atoms with Crippen LogP contribution >= 0.6 is 0 Å². The van der Waals surface area contributed by atoms with Crippen LogP contribution < -0.4 is 26.2 Å². The molecule has 1 saturated heterocycles. The number of rotatable bonds is 9. The van der Waals surface area contributed by atoms with Crippen molar-refractivity contribution in [3.8, 4) is 5.75 Å². The minimum absolute atomic E-state index is 0.211. The number of anilines is 2. The fraction of sp³-hybridized carbons (Fsp3) is 0.429. The van der Waals surface area contributed by atoms with Crippen LogP contribution in [0.5, 0.6) is 5.75 Å². The molecular weight excluding hydrogens is 368 g/mol. The van der Waals surface area contributed by atoms with E-state index in [9.17, 15) is 4.79 Å². The third-order valence-corrected chi connectivity index (χ3v) is 5.25. The third-order valence-electron chi connectivity index (χ3n) is 5.25. The summed E-state index contributed by atoms with van der Waals surface area (Å²) in [4.78, 5) is 20.4. The van der Waals surface area contributed by atoms with E-state index in [1.807, 2.05) is 12.1 Å². The molecule has 1 amide bonds. The minimum Gasteiger partial charge on any atom is -0.495 e. The number of primary amides is 1. The molecule has 0 radical (unpaired) electrons. The molecule has 29 heavy (non-hydrogen) atoms. The van der Waals surface area contributed by atoms with Gasteiger partial charge in [0.15, 0.2) is 5.69 Å². The second-order valence-corrected chi connectivity index (χ2v) is 7.14. The van der Waals surface area contributed by atoms with Gasteiger partial charge >= 0.3 is 0 Å². The maximum absolute atomic E-state index is 11.5. The van der Waals surface area contributed by atoms with Crippen molar-refractivity contribution >= 4 is 17.3 Å². The lowest BCUT2D eigenvalue weighted by molar-refractivity contribution is 0.0996. The van der Waals surface area contributed by atoms with Crippen molar-refractivity contribution in [3.05, 3.63) is 48.3 Å². The number of piperazine rings is 1. The number of pyridine rings is 1. The number of nitrogens with two attached hydrogens (primary N) is 2. The Morgan fingerprint density at radius 2 is 1.90 bits per heavy atom. The van der Waals surface area contributed by atoms with Crippen LogP contribution in [0.15, 0.2) is 42.6 Å². The molecule has 1 aliphatic heterocycles. The van der Waals surface area contributed by atoms with Crippen molar-refractivity contribution in [1.29, 1.82) is 0 Å². The number of amides is 1. The van der Waals surface area contributed by atoms with Crippen LogP contribution in [0.25, 0.3) is 0 Å². The van der Waals surface area contributed by atoms with Crippen LogP contribution in [0.4, 0.5) is 11.4 Å². The van der Waals surface area contributed by atoms with Crippen LogP contribution in [-0.4, -0.2) is 62.2 Å². The standard InChI is InChI=1S/C21H30N6O2/c1-29-19-9-3-2-7-17(19)26-15-13-25(14-16-26)11-4-5-12-27(23)18-8-6-10-24-20(18)21(22)28/h2-3,6-10H,4-5,11-16,23H2,1H3,(H2,22,28). The fourth-order valence-electron chi connectivity index (χ4n) is 3.66. The molecule has 3 rings (SSSR count). The smallest absolute Gasteiger partial charge is 0.269 e. The van der Waals surface area contributed by atoms with Gasteiger partial charge in [0.2, 0.25) is 0 Å². The first-order valence-electron chi connectivity index (χ1n) is 9.97. The van der Waals surface area contributed by atoms with Gasteiger partial charge in [-0.15, -0.1) is 0 Å². The highest BCUT2D eigenvalue weighted by Gasteiger charge is 2.19. The number of benzene rings is 1. The highest BCUT2D eigenvalue weighted by Crippen LogP contribution is 2.28. The lowest BCUT2D eigenvalue weighted by Gasteiger charge is -2.36. The van der Waals surface area contributed by atoms with Crippen molar-refractivity contribution in [2.24, 2.45) is 11.6 Å². The average molecular weight is 399 g/mol. The van der Waals surface area contributed by atoms with Gasteiger partial charge in [-0.3, -0.25) is 9.69 Å². The van der Waals surface area contributed by atoms with Crippen LogP contribution in [0.2, 0.25) is 0 Å². The molecule has 1 aromatic carbocycles. The monoisotopic (exact) mass is 398 g/mol. The Morgan fingerprint density at radius 3 is 2.62 bits per heavy atom. The van der Waals surface area contributed by atoms with Crippen LogP contribution in [0.3, 0.4) is 0 Å². The Bertz CT molecular complexity index is 807. The van der Waals surface area contributed by atoms with E-state index >= 15 is 0 Å².